The second-order valence-corrected chi connectivity index (χ2v) is 4.47. The third kappa shape index (κ3) is 3.65. The molecule has 1 unspecified atom stereocenters. The zero-order valence-corrected chi connectivity index (χ0v) is 10.7. The largest absolute Gasteiger partial charge is 0.508 e. The van der Waals surface area contributed by atoms with Gasteiger partial charge in [0, 0.05) is 0 Å². The first-order valence-electron chi connectivity index (χ1n) is 6.11. The first-order valence-corrected chi connectivity index (χ1v) is 6.11. The fraction of sp³-hybridized carbons (Fsp3) is 0.133. The van der Waals surface area contributed by atoms with E-state index < -0.39 is 12.1 Å². The molecular weight excluding hydrogens is 258 g/mol. The van der Waals surface area contributed by atoms with Crippen molar-refractivity contribution in [2.24, 2.45) is 0 Å². The molecule has 0 aromatic heterocycles. The Bertz CT molecular complexity index is 612. The smallest absolute Gasteiger partial charge is 0.405 e. The maximum atomic E-state index is 10.9. The number of hydrogen-bond donors (Lipinski definition) is 4. The van der Waals surface area contributed by atoms with Crippen LogP contribution in [0.3, 0.4) is 0 Å². The molecule has 5 nitrogen and oxygen atoms in total. The second kappa shape index (κ2) is 5.97. The quantitative estimate of drug-likeness (QED) is 0.689. The van der Waals surface area contributed by atoms with Gasteiger partial charge >= 0.3 is 6.09 Å². The van der Waals surface area contributed by atoms with Crippen LogP contribution < -0.4 is 5.32 Å². The molecule has 2 aromatic carbocycles. The molecule has 0 bridgehead atoms. The Hall–Kier alpha value is -2.69. The summed E-state index contributed by atoms with van der Waals surface area (Å²) in [7, 11) is 0. The molecule has 2 aromatic rings. The van der Waals surface area contributed by atoms with Gasteiger partial charge in [-0.1, -0.05) is 24.3 Å². The van der Waals surface area contributed by atoms with Crippen LogP contribution >= 0.6 is 0 Å². The number of rotatable bonds is 4. The second-order valence-electron chi connectivity index (χ2n) is 4.47. The number of benzene rings is 2. The third-order valence-corrected chi connectivity index (χ3v) is 2.92. The maximum absolute atomic E-state index is 10.9. The Balaban J connectivity index is 2.26. The van der Waals surface area contributed by atoms with Gasteiger partial charge in [0.1, 0.15) is 11.5 Å². The van der Waals surface area contributed by atoms with E-state index >= 15 is 0 Å². The molecule has 104 valence electrons. The van der Waals surface area contributed by atoms with Gasteiger partial charge in [-0.2, -0.15) is 0 Å². The van der Waals surface area contributed by atoms with E-state index in [1.807, 2.05) is 0 Å². The normalized spacial score (nSPS) is 11.8. The number of phenols is 2. The molecule has 0 saturated heterocycles. The molecule has 0 saturated carbocycles. The van der Waals surface area contributed by atoms with Gasteiger partial charge in [0.15, 0.2) is 0 Å². The summed E-state index contributed by atoms with van der Waals surface area (Å²) < 4.78 is 0. The van der Waals surface area contributed by atoms with Crippen molar-refractivity contribution in [2.45, 2.75) is 12.5 Å². The lowest BCUT2D eigenvalue weighted by molar-refractivity contribution is 0.189. The molecule has 20 heavy (non-hydrogen) atoms. The van der Waals surface area contributed by atoms with Crippen molar-refractivity contribution in [3.05, 3.63) is 59.7 Å². The van der Waals surface area contributed by atoms with E-state index in [1.54, 1.807) is 36.4 Å². The molecule has 1 amide bonds. The number of hydrogen-bond acceptors (Lipinski definition) is 3. The highest BCUT2D eigenvalue weighted by Crippen LogP contribution is 2.23. The van der Waals surface area contributed by atoms with E-state index in [0.29, 0.717) is 12.0 Å². The van der Waals surface area contributed by atoms with Crippen molar-refractivity contribution < 1.29 is 20.1 Å². The van der Waals surface area contributed by atoms with E-state index in [4.69, 9.17) is 5.11 Å². The van der Waals surface area contributed by atoms with Gasteiger partial charge < -0.3 is 20.6 Å². The lowest BCUT2D eigenvalue weighted by Crippen LogP contribution is -2.28. The first-order chi connectivity index (χ1) is 9.54. The minimum absolute atomic E-state index is 0.0793. The van der Waals surface area contributed by atoms with Crippen molar-refractivity contribution >= 4 is 6.09 Å². The summed E-state index contributed by atoms with van der Waals surface area (Å²) in [4.78, 5) is 10.9. The molecule has 2 rings (SSSR count). The van der Waals surface area contributed by atoms with E-state index in [1.165, 1.54) is 12.1 Å². The Morgan fingerprint density at radius 2 is 1.70 bits per heavy atom. The van der Waals surface area contributed by atoms with Gasteiger partial charge in [-0.05, 0) is 41.8 Å². The monoisotopic (exact) mass is 273 g/mol. The standard InChI is InChI=1S/C15H15NO4/c17-12-5-1-3-10(7-12)8-14(16-15(19)20)11-4-2-6-13(18)9-11/h1-7,9,14,16-18H,8H2,(H,19,20). The Labute approximate surface area is 116 Å². The minimum atomic E-state index is -1.14. The molecule has 0 aliphatic rings. The van der Waals surface area contributed by atoms with Crippen LogP contribution in [0.4, 0.5) is 4.79 Å². The fourth-order valence-corrected chi connectivity index (χ4v) is 2.06. The molecule has 0 radical (unpaired) electrons. The fourth-order valence-electron chi connectivity index (χ4n) is 2.06. The van der Waals surface area contributed by atoms with Crippen LogP contribution in [0.5, 0.6) is 11.5 Å². The van der Waals surface area contributed by atoms with E-state index in [0.717, 1.165) is 5.56 Å². The zero-order valence-electron chi connectivity index (χ0n) is 10.7. The molecule has 0 aliphatic carbocycles. The van der Waals surface area contributed by atoms with Gasteiger partial charge in [0.2, 0.25) is 0 Å². The van der Waals surface area contributed by atoms with Crippen molar-refractivity contribution in [3.63, 3.8) is 0 Å². The lowest BCUT2D eigenvalue weighted by atomic mass is 9.98. The molecule has 4 N–H and O–H groups in total. The van der Waals surface area contributed by atoms with Gasteiger partial charge in [0.25, 0.3) is 0 Å². The number of phenolic OH excluding ortho intramolecular Hbond substituents is 2. The summed E-state index contributed by atoms with van der Waals surface area (Å²) in [5, 5.41) is 30.3. The average molecular weight is 273 g/mol. The third-order valence-electron chi connectivity index (χ3n) is 2.92. The zero-order chi connectivity index (χ0) is 14.5. The van der Waals surface area contributed by atoms with Crippen LogP contribution in [0.2, 0.25) is 0 Å². The summed E-state index contributed by atoms with van der Waals surface area (Å²) in [6, 6.07) is 12.6. The number of carboxylic acid groups (broad SMARTS) is 1. The molecular formula is C15H15NO4. The summed E-state index contributed by atoms with van der Waals surface area (Å²) in [6.07, 6.45) is -0.761. The maximum Gasteiger partial charge on any atom is 0.405 e. The highest BCUT2D eigenvalue weighted by molar-refractivity contribution is 5.65. The van der Waals surface area contributed by atoms with Crippen LogP contribution in [0, 0.1) is 0 Å². The van der Waals surface area contributed by atoms with Crippen LogP contribution in [-0.2, 0) is 6.42 Å². The molecule has 5 heteroatoms. The van der Waals surface area contributed by atoms with Gasteiger partial charge in [-0.25, -0.2) is 4.79 Å². The van der Waals surface area contributed by atoms with Crippen molar-refractivity contribution in [1.29, 1.82) is 0 Å². The van der Waals surface area contributed by atoms with Crippen molar-refractivity contribution in [1.82, 2.24) is 5.32 Å². The predicted octanol–water partition coefficient (Wildman–Crippen LogP) is 2.65. The Morgan fingerprint density at radius 1 is 1.05 bits per heavy atom. The Morgan fingerprint density at radius 3 is 2.30 bits per heavy atom. The Kier molecular flexibility index (Phi) is 4.10. The molecule has 0 fully saturated rings. The lowest BCUT2D eigenvalue weighted by Gasteiger charge is -2.18. The van der Waals surface area contributed by atoms with Gasteiger partial charge in [-0.15, -0.1) is 0 Å². The van der Waals surface area contributed by atoms with Crippen LogP contribution in [0.1, 0.15) is 17.2 Å². The summed E-state index contributed by atoms with van der Waals surface area (Å²) in [6.45, 7) is 0. The number of carbonyl (C=O) groups is 1. The summed E-state index contributed by atoms with van der Waals surface area (Å²) >= 11 is 0. The van der Waals surface area contributed by atoms with Crippen LogP contribution in [0.25, 0.3) is 0 Å². The highest BCUT2D eigenvalue weighted by atomic mass is 16.4. The number of nitrogens with one attached hydrogen (secondary N) is 1. The molecule has 0 spiro atoms. The average Bonchev–Trinajstić information content (AvgIpc) is 2.37. The van der Waals surface area contributed by atoms with E-state index in [2.05, 4.69) is 5.32 Å². The van der Waals surface area contributed by atoms with Crippen molar-refractivity contribution in [3.8, 4) is 11.5 Å². The topological polar surface area (TPSA) is 89.8 Å². The van der Waals surface area contributed by atoms with Crippen molar-refractivity contribution in [2.75, 3.05) is 0 Å². The predicted molar refractivity (Wildman–Crippen MR) is 73.8 cm³/mol. The van der Waals surface area contributed by atoms with E-state index in [9.17, 15) is 15.0 Å². The van der Waals surface area contributed by atoms with Crippen LogP contribution in [-0.4, -0.2) is 21.4 Å². The van der Waals surface area contributed by atoms with Gasteiger partial charge in [-0.3, -0.25) is 0 Å². The van der Waals surface area contributed by atoms with E-state index in [-0.39, 0.29) is 11.5 Å². The van der Waals surface area contributed by atoms with Gasteiger partial charge in [0.05, 0.1) is 6.04 Å². The SMILES string of the molecule is O=C(O)NC(Cc1cccc(O)c1)c1cccc(O)c1. The number of aromatic hydroxyl groups is 2. The molecule has 1 atom stereocenters. The number of amides is 1. The summed E-state index contributed by atoms with van der Waals surface area (Å²) in [5.74, 6) is 0.211. The van der Waals surface area contributed by atoms with Crippen LogP contribution in [0.15, 0.2) is 48.5 Å². The minimum Gasteiger partial charge on any atom is -0.508 e. The molecule has 0 aliphatic heterocycles. The highest BCUT2D eigenvalue weighted by Gasteiger charge is 2.15. The molecule has 0 heterocycles. The summed E-state index contributed by atoms with van der Waals surface area (Å²) in [5.41, 5.74) is 1.46. The first kappa shape index (κ1) is 13.7.